The number of carbonyl (C=O) groups is 1. The van der Waals surface area contributed by atoms with Crippen LogP contribution in [0.3, 0.4) is 0 Å². The standard InChI is InChI=1S/C36H34BrN3O6S/c1-5-10-27-32(35(42)45-7-3)33(23-14-16-28(43-4)26(37)19-23)40-34(41)31(47-36(40)39-27)18-22-13-15-29(30(17-22)44-6-2)46-21-25-12-9-8-11-24(25)20-38/h8-9,11-19,33H,5-7,10,21H2,1-4H3/b31-18+/t33-/m1/s1. The number of thiazole rings is 1. The summed E-state index contributed by atoms with van der Waals surface area (Å²) < 4.78 is 25.6. The number of ether oxygens (including phenoxy) is 4. The van der Waals surface area contributed by atoms with Crippen LogP contribution in [0, 0.1) is 11.3 Å². The number of allylic oxidation sites excluding steroid dienone is 1. The van der Waals surface area contributed by atoms with Crippen LogP contribution in [-0.4, -0.2) is 30.9 Å². The third-order valence-electron chi connectivity index (χ3n) is 7.47. The first-order valence-corrected chi connectivity index (χ1v) is 16.9. The molecule has 0 radical (unpaired) electrons. The van der Waals surface area contributed by atoms with Crippen LogP contribution in [0.25, 0.3) is 6.08 Å². The molecule has 2 heterocycles. The number of nitrogens with zero attached hydrogens (tertiary/aromatic N) is 3. The number of fused-ring (bicyclic) bond motifs is 1. The number of benzene rings is 3. The van der Waals surface area contributed by atoms with E-state index in [0.29, 0.717) is 60.9 Å². The fraction of sp³-hybridized carbons (Fsp3) is 0.278. The minimum absolute atomic E-state index is 0.192. The first-order chi connectivity index (χ1) is 22.8. The zero-order valence-corrected chi connectivity index (χ0v) is 28.9. The number of methoxy groups -OCH3 is 1. The number of esters is 1. The second kappa shape index (κ2) is 15.3. The highest BCUT2D eigenvalue weighted by Gasteiger charge is 2.34. The summed E-state index contributed by atoms with van der Waals surface area (Å²) in [7, 11) is 1.58. The Labute approximate surface area is 285 Å². The zero-order chi connectivity index (χ0) is 33.5. The van der Waals surface area contributed by atoms with Crippen LogP contribution in [0.2, 0.25) is 0 Å². The molecule has 9 nitrogen and oxygen atoms in total. The van der Waals surface area contributed by atoms with E-state index in [4.69, 9.17) is 23.9 Å². The molecule has 0 spiro atoms. The highest BCUT2D eigenvalue weighted by Crippen LogP contribution is 2.36. The number of aromatic nitrogens is 1. The Morgan fingerprint density at radius 3 is 2.53 bits per heavy atom. The quantitative estimate of drug-likeness (QED) is 0.161. The van der Waals surface area contributed by atoms with Crippen molar-refractivity contribution in [2.75, 3.05) is 20.3 Å². The molecule has 0 N–H and O–H groups in total. The van der Waals surface area contributed by atoms with Gasteiger partial charge in [0.2, 0.25) is 0 Å². The summed E-state index contributed by atoms with van der Waals surface area (Å²) in [6.07, 6.45) is 3.09. The van der Waals surface area contributed by atoms with Gasteiger partial charge in [-0.25, -0.2) is 9.79 Å². The van der Waals surface area contributed by atoms with E-state index in [1.807, 2.05) is 56.3 Å². The molecule has 3 aromatic carbocycles. The van der Waals surface area contributed by atoms with Gasteiger partial charge in [-0.3, -0.25) is 9.36 Å². The first kappa shape index (κ1) is 33.7. The maximum absolute atomic E-state index is 14.2. The molecule has 0 saturated carbocycles. The largest absolute Gasteiger partial charge is 0.496 e. The summed E-state index contributed by atoms with van der Waals surface area (Å²) in [6, 6.07) is 19.7. The molecule has 0 amide bonds. The minimum atomic E-state index is -0.748. The summed E-state index contributed by atoms with van der Waals surface area (Å²) in [5.41, 5.74) is 3.43. The zero-order valence-electron chi connectivity index (χ0n) is 26.5. The first-order valence-electron chi connectivity index (χ1n) is 15.3. The maximum atomic E-state index is 14.2. The molecule has 0 saturated heterocycles. The van der Waals surface area contributed by atoms with Gasteiger partial charge in [0.05, 0.1) is 58.3 Å². The number of rotatable bonds is 12. The van der Waals surface area contributed by atoms with Crippen LogP contribution in [0.1, 0.15) is 61.9 Å². The molecule has 11 heteroatoms. The van der Waals surface area contributed by atoms with Crippen LogP contribution in [0.5, 0.6) is 17.2 Å². The third-order valence-corrected chi connectivity index (χ3v) is 9.07. The molecule has 1 atom stereocenters. The predicted octanol–water partition coefficient (Wildman–Crippen LogP) is 6.20. The fourth-order valence-corrected chi connectivity index (χ4v) is 6.93. The minimum Gasteiger partial charge on any atom is -0.496 e. The van der Waals surface area contributed by atoms with Gasteiger partial charge in [-0.15, -0.1) is 0 Å². The lowest BCUT2D eigenvalue weighted by Gasteiger charge is -2.26. The second-order valence-corrected chi connectivity index (χ2v) is 12.4. The van der Waals surface area contributed by atoms with Crippen molar-refractivity contribution in [3.8, 4) is 23.3 Å². The van der Waals surface area contributed by atoms with Crippen LogP contribution in [0.4, 0.5) is 0 Å². The van der Waals surface area contributed by atoms with E-state index in [9.17, 15) is 14.9 Å². The van der Waals surface area contributed by atoms with Crippen LogP contribution in [0.15, 0.2) is 86.2 Å². The van der Waals surface area contributed by atoms with E-state index in [2.05, 4.69) is 22.0 Å². The Kier molecular flexibility index (Phi) is 11.0. The van der Waals surface area contributed by atoms with Crippen molar-refractivity contribution in [3.63, 3.8) is 0 Å². The monoisotopic (exact) mass is 715 g/mol. The van der Waals surface area contributed by atoms with Crippen molar-refractivity contribution >= 4 is 39.3 Å². The Morgan fingerprint density at radius 2 is 1.83 bits per heavy atom. The number of nitriles is 1. The summed E-state index contributed by atoms with van der Waals surface area (Å²) in [6.45, 7) is 6.45. The van der Waals surface area contributed by atoms with Gasteiger partial charge in [-0.05, 0) is 83.7 Å². The smallest absolute Gasteiger partial charge is 0.338 e. The molecule has 1 aliphatic rings. The molecule has 0 unspecified atom stereocenters. The molecule has 5 rings (SSSR count). The number of hydrogen-bond acceptors (Lipinski definition) is 9. The lowest BCUT2D eigenvalue weighted by Crippen LogP contribution is -2.40. The highest BCUT2D eigenvalue weighted by atomic mass is 79.9. The van der Waals surface area contributed by atoms with Crippen molar-refractivity contribution in [2.45, 2.75) is 46.3 Å². The molecule has 1 aliphatic heterocycles. The molecule has 4 aromatic rings. The number of carbonyl (C=O) groups excluding carboxylic acids is 1. The fourth-order valence-electron chi connectivity index (χ4n) is 5.35. The van der Waals surface area contributed by atoms with Gasteiger partial charge in [-0.2, -0.15) is 5.26 Å². The Bertz CT molecular complexity index is 2060. The average molecular weight is 717 g/mol. The summed E-state index contributed by atoms with van der Waals surface area (Å²) in [5, 5.41) is 9.44. The molecule has 47 heavy (non-hydrogen) atoms. The van der Waals surface area contributed by atoms with E-state index in [-0.39, 0.29) is 18.8 Å². The molecule has 1 aromatic heterocycles. The van der Waals surface area contributed by atoms with Crippen molar-refractivity contribution in [3.05, 3.63) is 118 Å². The Morgan fingerprint density at radius 1 is 1.04 bits per heavy atom. The molecule has 242 valence electrons. The Balaban J connectivity index is 1.60. The Hall–Kier alpha value is -4.66. The van der Waals surface area contributed by atoms with Gasteiger partial charge in [0.1, 0.15) is 12.4 Å². The topological polar surface area (TPSA) is 112 Å². The van der Waals surface area contributed by atoms with Gasteiger partial charge in [0.15, 0.2) is 16.3 Å². The van der Waals surface area contributed by atoms with Gasteiger partial charge < -0.3 is 18.9 Å². The normalized spacial score (nSPS) is 14.2. The maximum Gasteiger partial charge on any atom is 0.338 e. The highest BCUT2D eigenvalue weighted by molar-refractivity contribution is 9.10. The van der Waals surface area contributed by atoms with Crippen LogP contribution >= 0.6 is 27.3 Å². The van der Waals surface area contributed by atoms with Crippen LogP contribution in [-0.2, 0) is 16.1 Å². The van der Waals surface area contributed by atoms with Gasteiger partial charge in [0.25, 0.3) is 5.56 Å². The summed E-state index contributed by atoms with van der Waals surface area (Å²) in [5.74, 6) is 1.16. The van der Waals surface area contributed by atoms with Crippen molar-refractivity contribution in [1.29, 1.82) is 5.26 Å². The molecule has 0 bridgehead atoms. The van der Waals surface area contributed by atoms with Gasteiger partial charge >= 0.3 is 5.97 Å². The number of hydrogen-bond donors (Lipinski definition) is 0. The van der Waals surface area contributed by atoms with Crippen molar-refractivity contribution in [1.82, 2.24) is 4.57 Å². The molecular weight excluding hydrogens is 682 g/mol. The van der Waals surface area contributed by atoms with Crippen LogP contribution < -0.4 is 29.1 Å². The van der Waals surface area contributed by atoms with E-state index >= 15 is 0 Å². The SMILES string of the molecule is CCCC1=C(C(=O)OCC)[C@@H](c2ccc(OC)c(Br)c2)n2c(s/c(=C/c3ccc(OCc4ccccc4C#N)c(OCC)c3)c2=O)=N1. The average Bonchev–Trinajstić information content (AvgIpc) is 3.38. The third kappa shape index (κ3) is 7.19. The van der Waals surface area contributed by atoms with E-state index < -0.39 is 12.0 Å². The number of halogens is 1. The van der Waals surface area contributed by atoms with E-state index in [1.54, 1.807) is 42.9 Å². The summed E-state index contributed by atoms with van der Waals surface area (Å²) in [4.78, 5) is 33.0. The molecular formula is C36H34BrN3O6S. The van der Waals surface area contributed by atoms with Gasteiger partial charge in [-0.1, -0.05) is 55.0 Å². The summed E-state index contributed by atoms with van der Waals surface area (Å²) >= 11 is 4.83. The van der Waals surface area contributed by atoms with Crippen molar-refractivity contribution in [2.24, 2.45) is 4.99 Å². The molecule has 0 fully saturated rings. The van der Waals surface area contributed by atoms with E-state index in [0.717, 1.165) is 23.1 Å². The van der Waals surface area contributed by atoms with E-state index in [1.165, 1.54) is 11.3 Å². The predicted molar refractivity (Wildman–Crippen MR) is 183 cm³/mol. The molecule has 0 aliphatic carbocycles. The van der Waals surface area contributed by atoms with Gasteiger partial charge in [0, 0.05) is 5.56 Å². The second-order valence-electron chi connectivity index (χ2n) is 10.5. The lowest BCUT2D eigenvalue weighted by molar-refractivity contribution is -0.139. The van der Waals surface area contributed by atoms with Crippen molar-refractivity contribution < 1.29 is 23.7 Å². The lowest BCUT2D eigenvalue weighted by atomic mass is 9.94.